The maximum atomic E-state index is 12.1. The fourth-order valence-corrected chi connectivity index (χ4v) is 3.57. The van der Waals surface area contributed by atoms with E-state index in [0.717, 1.165) is 5.56 Å². The Morgan fingerprint density at radius 2 is 1.92 bits per heavy atom. The molecule has 0 radical (unpaired) electrons. The zero-order chi connectivity index (χ0) is 17.1. The predicted molar refractivity (Wildman–Crippen MR) is 101 cm³/mol. The summed E-state index contributed by atoms with van der Waals surface area (Å²) in [5.41, 5.74) is 2.26. The molecule has 4 nitrogen and oxygen atoms in total. The van der Waals surface area contributed by atoms with Crippen molar-refractivity contribution in [2.75, 3.05) is 0 Å². The Morgan fingerprint density at radius 1 is 1.17 bits per heavy atom. The summed E-state index contributed by atoms with van der Waals surface area (Å²) < 4.78 is 0. The number of hydrogen-bond acceptors (Lipinski definition) is 4. The van der Waals surface area contributed by atoms with E-state index in [4.69, 9.17) is 23.2 Å². The van der Waals surface area contributed by atoms with Crippen LogP contribution in [0.25, 0.3) is 0 Å². The molecule has 2 aromatic rings. The molecule has 0 bridgehead atoms. The van der Waals surface area contributed by atoms with E-state index in [9.17, 15) is 4.79 Å². The predicted octanol–water partition coefficient (Wildman–Crippen LogP) is 4.68. The second-order valence-corrected chi connectivity index (χ2v) is 7.05. The lowest BCUT2D eigenvalue weighted by Gasteiger charge is -2.04. The Kier molecular flexibility index (Phi) is 5.23. The first-order chi connectivity index (χ1) is 11.5. The minimum absolute atomic E-state index is 0.0985. The van der Waals surface area contributed by atoms with Crippen molar-refractivity contribution >= 4 is 51.8 Å². The van der Waals surface area contributed by atoms with Crippen LogP contribution in [0, 0.1) is 0 Å². The zero-order valence-corrected chi connectivity index (χ0v) is 15.0. The van der Waals surface area contributed by atoms with Crippen LogP contribution >= 0.6 is 35.0 Å². The van der Waals surface area contributed by atoms with Gasteiger partial charge in [0.25, 0.3) is 0 Å². The van der Waals surface area contributed by atoms with Gasteiger partial charge in [0.15, 0.2) is 5.17 Å². The molecule has 1 fully saturated rings. The highest BCUT2D eigenvalue weighted by atomic mass is 35.5. The van der Waals surface area contributed by atoms with Crippen molar-refractivity contribution in [1.29, 1.82) is 0 Å². The van der Waals surface area contributed by atoms with Gasteiger partial charge in [-0.1, -0.05) is 65.3 Å². The third kappa shape index (κ3) is 3.80. The number of carbonyl (C=O) groups is 1. The minimum atomic E-state index is -0.310. The molecule has 1 aliphatic heterocycles. The number of nitrogens with zero attached hydrogens (tertiary/aromatic N) is 2. The van der Waals surface area contributed by atoms with Crippen molar-refractivity contribution in [2.24, 2.45) is 10.2 Å². The molecule has 1 heterocycles. The first-order valence-corrected chi connectivity index (χ1v) is 8.78. The maximum Gasteiger partial charge on any atom is 0.244 e. The second kappa shape index (κ2) is 7.38. The quantitative estimate of drug-likeness (QED) is 0.623. The third-order valence-corrected chi connectivity index (χ3v) is 5.10. The van der Waals surface area contributed by atoms with E-state index in [1.54, 1.807) is 25.1 Å². The van der Waals surface area contributed by atoms with Gasteiger partial charge in [-0.25, -0.2) is 0 Å². The molecule has 0 aliphatic carbocycles. The van der Waals surface area contributed by atoms with Gasteiger partial charge in [-0.05, 0) is 30.7 Å². The number of rotatable bonds is 3. The van der Waals surface area contributed by atoms with E-state index < -0.39 is 0 Å². The Labute approximate surface area is 154 Å². The molecule has 24 heavy (non-hydrogen) atoms. The number of amidine groups is 1. The number of hydrogen-bond donors (Lipinski definition) is 1. The monoisotopic (exact) mass is 377 g/mol. The summed E-state index contributed by atoms with van der Waals surface area (Å²) in [4.78, 5) is 12.1. The lowest BCUT2D eigenvalue weighted by molar-refractivity contribution is -0.118. The molecular formula is C17H13Cl2N3OS. The van der Waals surface area contributed by atoms with Crippen molar-refractivity contribution in [2.45, 2.75) is 12.2 Å². The minimum Gasteiger partial charge on any atom is -0.302 e. The number of carbonyl (C=O) groups excluding carboxylic acids is 1. The van der Waals surface area contributed by atoms with Crippen LogP contribution in [0.3, 0.4) is 0 Å². The van der Waals surface area contributed by atoms with Crippen molar-refractivity contribution in [3.8, 4) is 0 Å². The summed E-state index contributed by atoms with van der Waals surface area (Å²) in [6.07, 6.45) is 0. The van der Waals surface area contributed by atoms with E-state index in [1.807, 2.05) is 30.3 Å². The maximum absolute atomic E-state index is 12.1. The molecule has 122 valence electrons. The number of nitrogens with one attached hydrogen (secondary N) is 1. The van der Waals surface area contributed by atoms with Gasteiger partial charge >= 0.3 is 0 Å². The molecule has 0 saturated carbocycles. The van der Waals surface area contributed by atoms with Gasteiger partial charge in [0.2, 0.25) is 5.91 Å². The Bertz CT molecular complexity index is 837. The second-order valence-electron chi connectivity index (χ2n) is 5.11. The summed E-state index contributed by atoms with van der Waals surface area (Å²) in [6.45, 7) is 1.79. The van der Waals surface area contributed by atoms with Gasteiger partial charge in [-0.2, -0.15) is 5.10 Å². The molecule has 1 amide bonds. The van der Waals surface area contributed by atoms with Crippen LogP contribution < -0.4 is 5.32 Å². The van der Waals surface area contributed by atoms with E-state index in [-0.39, 0.29) is 11.2 Å². The molecule has 3 rings (SSSR count). The average Bonchev–Trinajstić information content (AvgIpc) is 2.96. The van der Waals surface area contributed by atoms with Crippen LogP contribution in [0.15, 0.2) is 58.7 Å². The summed E-state index contributed by atoms with van der Waals surface area (Å²) in [5, 5.41) is 12.3. The summed E-state index contributed by atoms with van der Waals surface area (Å²) in [5.74, 6) is -0.0985. The molecule has 1 atom stereocenters. The summed E-state index contributed by atoms with van der Waals surface area (Å²) in [6, 6.07) is 14.7. The highest BCUT2D eigenvalue weighted by Gasteiger charge is 2.31. The molecule has 1 N–H and O–H groups in total. The largest absolute Gasteiger partial charge is 0.302 e. The highest BCUT2D eigenvalue weighted by molar-refractivity contribution is 8.15. The van der Waals surface area contributed by atoms with E-state index >= 15 is 0 Å². The van der Waals surface area contributed by atoms with Crippen LogP contribution in [-0.2, 0) is 4.79 Å². The lowest BCUT2D eigenvalue weighted by Crippen LogP contribution is -2.21. The smallest absolute Gasteiger partial charge is 0.244 e. The molecule has 0 spiro atoms. The summed E-state index contributed by atoms with van der Waals surface area (Å²) in [7, 11) is 0. The normalized spacial score (nSPS) is 19.6. The van der Waals surface area contributed by atoms with Gasteiger partial charge < -0.3 is 5.32 Å². The molecule has 1 aliphatic rings. The fourth-order valence-electron chi connectivity index (χ4n) is 2.21. The number of amides is 1. The molecule has 1 saturated heterocycles. The van der Waals surface area contributed by atoms with Crippen molar-refractivity contribution in [1.82, 2.24) is 5.32 Å². The summed E-state index contributed by atoms with van der Waals surface area (Å²) >= 11 is 13.5. The Hall–Kier alpha value is -1.82. The Balaban J connectivity index is 1.80. The number of thioether (sulfide) groups is 1. The van der Waals surface area contributed by atoms with Gasteiger partial charge in [0, 0.05) is 15.6 Å². The van der Waals surface area contributed by atoms with Gasteiger partial charge in [-0.3, -0.25) is 4.79 Å². The molecular weight excluding hydrogens is 365 g/mol. The zero-order valence-electron chi connectivity index (χ0n) is 12.7. The fraction of sp³-hybridized carbons (Fsp3) is 0.118. The van der Waals surface area contributed by atoms with Crippen molar-refractivity contribution in [3.63, 3.8) is 0 Å². The standard InChI is InChI=1S/C17H13Cl2N3OS/c1-10(13-9-12(18)7-8-14(13)19)21-22-17-20-16(23)15(24-17)11-5-3-2-4-6-11/h2-9,15H,1H3,(H,20,22,23)/b21-10+. The van der Waals surface area contributed by atoms with Crippen molar-refractivity contribution in [3.05, 3.63) is 69.7 Å². The first-order valence-electron chi connectivity index (χ1n) is 7.15. The number of halogens is 2. The first kappa shape index (κ1) is 17.0. The van der Waals surface area contributed by atoms with Crippen LogP contribution in [0.4, 0.5) is 0 Å². The third-order valence-electron chi connectivity index (χ3n) is 3.41. The molecule has 7 heteroatoms. The van der Waals surface area contributed by atoms with E-state index in [2.05, 4.69) is 15.5 Å². The molecule has 2 aromatic carbocycles. The Morgan fingerprint density at radius 3 is 2.67 bits per heavy atom. The SMILES string of the molecule is C/C(=N\N=C1/NC(=O)C(c2ccccc2)S1)c1cc(Cl)ccc1Cl. The highest BCUT2D eigenvalue weighted by Crippen LogP contribution is 2.34. The van der Waals surface area contributed by atoms with E-state index in [0.29, 0.717) is 26.5 Å². The van der Waals surface area contributed by atoms with Gasteiger partial charge in [0.05, 0.1) is 5.71 Å². The van der Waals surface area contributed by atoms with Gasteiger partial charge in [-0.15, -0.1) is 5.10 Å². The van der Waals surface area contributed by atoms with Gasteiger partial charge in [0.1, 0.15) is 5.25 Å². The van der Waals surface area contributed by atoms with Crippen LogP contribution in [-0.4, -0.2) is 16.8 Å². The van der Waals surface area contributed by atoms with Crippen LogP contribution in [0.5, 0.6) is 0 Å². The van der Waals surface area contributed by atoms with Crippen LogP contribution in [0.1, 0.15) is 23.3 Å². The number of benzene rings is 2. The van der Waals surface area contributed by atoms with E-state index in [1.165, 1.54) is 11.8 Å². The van der Waals surface area contributed by atoms with Crippen molar-refractivity contribution < 1.29 is 4.79 Å². The average molecular weight is 378 g/mol. The van der Waals surface area contributed by atoms with Crippen LogP contribution in [0.2, 0.25) is 10.0 Å². The topological polar surface area (TPSA) is 53.8 Å². The molecule has 1 unspecified atom stereocenters. The molecule has 0 aromatic heterocycles. The lowest BCUT2D eigenvalue weighted by atomic mass is 10.1.